The summed E-state index contributed by atoms with van der Waals surface area (Å²) in [6.07, 6.45) is 1.95. The minimum atomic E-state index is -0.587. The predicted molar refractivity (Wildman–Crippen MR) is 123 cm³/mol. The number of hydrogen-bond acceptors (Lipinski definition) is 8. The van der Waals surface area contributed by atoms with Gasteiger partial charge in [0.2, 0.25) is 5.91 Å². The van der Waals surface area contributed by atoms with Crippen LogP contribution in [0.2, 0.25) is 0 Å². The molecule has 1 aromatic heterocycles. The van der Waals surface area contributed by atoms with Crippen LogP contribution in [0.1, 0.15) is 44.5 Å². The lowest BCUT2D eigenvalue weighted by atomic mass is 10.0. The second-order valence-electron chi connectivity index (χ2n) is 7.31. The van der Waals surface area contributed by atoms with Gasteiger partial charge in [-0.2, -0.15) is 0 Å². The highest BCUT2D eigenvalue weighted by Gasteiger charge is 2.28. The monoisotopic (exact) mass is 460 g/mol. The minimum Gasteiger partial charge on any atom is -0.462 e. The average Bonchev–Trinajstić information content (AvgIpc) is 3.10. The quantitative estimate of drug-likeness (QED) is 0.453. The van der Waals surface area contributed by atoms with Crippen LogP contribution in [0.15, 0.2) is 24.3 Å². The SMILES string of the molecule is CCOC(=O)c1c(NC(=O)CN2CCCc3ccccc32)sc(C(=O)OCCOC)c1C. The average molecular weight is 461 g/mol. The number of amides is 1. The molecule has 1 aliphatic heterocycles. The van der Waals surface area contributed by atoms with Crippen molar-refractivity contribution in [1.82, 2.24) is 0 Å². The summed E-state index contributed by atoms with van der Waals surface area (Å²) in [5.74, 6) is -1.43. The van der Waals surface area contributed by atoms with Gasteiger partial charge in [-0.25, -0.2) is 9.59 Å². The molecule has 0 fully saturated rings. The summed E-state index contributed by atoms with van der Waals surface area (Å²) in [6.45, 7) is 4.80. The summed E-state index contributed by atoms with van der Waals surface area (Å²) in [5, 5.41) is 3.10. The Kier molecular flexibility index (Phi) is 8.24. The Labute approximate surface area is 191 Å². The zero-order valence-electron chi connectivity index (χ0n) is 18.6. The molecule has 0 atom stereocenters. The van der Waals surface area contributed by atoms with Gasteiger partial charge in [-0.3, -0.25) is 4.79 Å². The first-order valence-corrected chi connectivity index (χ1v) is 11.4. The molecule has 0 aliphatic carbocycles. The van der Waals surface area contributed by atoms with Gasteiger partial charge in [0.25, 0.3) is 0 Å². The smallest absolute Gasteiger partial charge is 0.348 e. The molecule has 2 aromatic rings. The normalized spacial score (nSPS) is 12.8. The summed E-state index contributed by atoms with van der Waals surface area (Å²) < 4.78 is 15.2. The molecule has 9 heteroatoms. The maximum atomic E-state index is 12.9. The standard InChI is InChI=1S/C23H28N2O6S/c1-4-30-22(27)19-15(2)20(23(28)31-13-12-29-3)32-21(19)24-18(26)14-25-11-7-9-16-8-5-6-10-17(16)25/h5-6,8,10H,4,7,9,11-14H2,1-3H3,(H,24,26). The van der Waals surface area contributed by atoms with Crippen LogP contribution < -0.4 is 10.2 Å². The predicted octanol–water partition coefficient (Wildman–Crippen LogP) is 3.43. The van der Waals surface area contributed by atoms with Gasteiger partial charge in [-0.1, -0.05) is 18.2 Å². The van der Waals surface area contributed by atoms with Gasteiger partial charge in [0.1, 0.15) is 16.5 Å². The number of rotatable bonds is 9. The van der Waals surface area contributed by atoms with Crippen LogP contribution in [0.4, 0.5) is 10.7 Å². The first kappa shape index (κ1) is 23.7. The van der Waals surface area contributed by atoms with Gasteiger partial charge in [0.05, 0.1) is 25.3 Å². The summed E-state index contributed by atoms with van der Waals surface area (Å²) in [6, 6.07) is 8.03. The molecular weight excluding hydrogens is 432 g/mol. The molecular formula is C23H28N2O6S. The molecule has 0 radical (unpaired) electrons. The molecule has 32 heavy (non-hydrogen) atoms. The van der Waals surface area contributed by atoms with Gasteiger partial charge in [0.15, 0.2) is 0 Å². The van der Waals surface area contributed by atoms with Gasteiger partial charge in [0, 0.05) is 19.3 Å². The van der Waals surface area contributed by atoms with Crippen LogP contribution in [0.25, 0.3) is 0 Å². The van der Waals surface area contributed by atoms with Crippen LogP contribution in [-0.4, -0.2) is 57.9 Å². The molecule has 3 rings (SSSR count). The fraction of sp³-hybridized carbons (Fsp3) is 0.435. The Balaban J connectivity index is 1.80. The Hall–Kier alpha value is -2.91. The van der Waals surface area contributed by atoms with Gasteiger partial charge in [-0.05, 0) is 43.9 Å². The molecule has 0 saturated carbocycles. The third-order valence-corrected chi connectivity index (χ3v) is 6.31. The van der Waals surface area contributed by atoms with Crippen molar-refractivity contribution in [1.29, 1.82) is 0 Å². The summed E-state index contributed by atoms with van der Waals surface area (Å²) in [5.41, 5.74) is 2.87. The van der Waals surface area contributed by atoms with Crippen molar-refractivity contribution in [2.24, 2.45) is 0 Å². The van der Waals surface area contributed by atoms with E-state index in [2.05, 4.69) is 11.4 Å². The fourth-order valence-corrected chi connectivity index (χ4v) is 4.75. The van der Waals surface area contributed by atoms with Gasteiger partial charge < -0.3 is 24.4 Å². The summed E-state index contributed by atoms with van der Waals surface area (Å²) in [7, 11) is 1.51. The van der Waals surface area contributed by atoms with E-state index < -0.39 is 11.9 Å². The van der Waals surface area contributed by atoms with Crippen LogP contribution >= 0.6 is 11.3 Å². The highest BCUT2D eigenvalue weighted by Crippen LogP contribution is 2.34. The van der Waals surface area contributed by atoms with Crippen molar-refractivity contribution in [2.75, 3.05) is 50.2 Å². The third kappa shape index (κ3) is 5.46. The number of hydrogen-bond donors (Lipinski definition) is 1. The Morgan fingerprint density at radius 1 is 1.12 bits per heavy atom. The number of benzene rings is 1. The lowest BCUT2D eigenvalue weighted by Gasteiger charge is -2.30. The number of ether oxygens (including phenoxy) is 3. The number of esters is 2. The Bertz CT molecular complexity index is 987. The van der Waals surface area contributed by atoms with E-state index in [0.717, 1.165) is 36.4 Å². The zero-order chi connectivity index (χ0) is 23.1. The number of para-hydroxylation sites is 1. The first-order valence-electron chi connectivity index (χ1n) is 10.6. The Morgan fingerprint density at radius 3 is 2.66 bits per heavy atom. The van der Waals surface area contributed by atoms with Gasteiger partial charge >= 0.3 is 11.9 Å². The van der Waals surface area contributed by atoms with Crippen molar-refractivity contribution >= 4 is 39.9 Å². The number of fused-ring (bicyclic) bond motifs is 1. The number of carbonyl (C=O) groups excluding carboxylic acids is 3. The van der Waals surface area contributed by atoms with E-state index in [4.69, 9.17) is 14.2 Å². The van der Waals surface area contributed by atoms with E-state index in [1.807, 2.05) is 23.1 Å². The molecule has 1 amide bonds. The van der Waals surface area contributed by atoms with Crippen molar-refractivity contribution in [3.8, 4) is 0 Å². The fourth-order valence-electron chi connectivity index (χ4n) is 3.64. The molecule has 0 spiro atoms. The van der Waals surface area contributed by atoms with Gasteiger partial charge in [-0.15, -0.1) is 11.3 Å². The van der Waals surface area contributed by atoms with E-state index in [1.54, 1.807) is 13.8 Å². The molecule has 172 valence electrons. The van der Waals surface area contributed by atoms with Crippen molar-refractivity contribution in [2.45, 2.75) is 26.7 Å². The molecule has 0 saturated heterocycles. The topological polar surface area (TPSA) is 94.2 Å². The molecule has 8 nitrogen and oxygen atoms in total. The molecule has 1 N–H and O–H groups in total. The number of nitrogens with one attached hydrogen (secondary N) is 1. The molecule has 2 heterocycles. The van der Waals surface area contributed by atoms with E-state index >= 15 is 0 Å². The molecule has 1 aromatic carbocycles. The van der Waals surface area contributed by atoms with E-state index in [0.29, 0.717) is 5.56 Å². The van der Waals surface area contributed by atoms with Crippen LogP contribution in [0, 0.1) is 6.92 Å². The highest BCUT2D eigenvalue weighted by atomic mass is 32.1. The number of thiophene rings is 1. The maximum Gasteiger partial charge on any atom is 0.348 e. The first-order chi connectivity index (χ1) is 15.5. The largest absolute Gasteiger partial charge is 0.462 e. The van der Waals surface area contributed by atoms with E-state index in [-0.39, 0.29) is 47.7 Å². The van der Waals surface area contributed by atoms with Crippen molar-refractivity contribution in [3.63, 3.8) is 0 Å². The maximum absolute atomic E-state index is 12.9. The lowest BCUT2D eigenvalue weighted by Crippen LogP contribution is -2.36. The van der Waals surface area contributed by atoms with Crippen LogP contribution in [0.3, 0.4) is 0 Å². The number of aryl methyl sites for hydroxylation is 1. The molecule has 0 unspecified atom stereocenters. The van der Waals surface area contributed by atoms with Crippen molar-refractivity contribution in [3.05, 3.63) is 45.8 Å². The van der Waals surface area contributed by atoms with E-state index in [9.17, 15) is 14.4 Å². The third-order valence-electron chi connectivity index (χ3n) is 5.13. The molecule has 0 bridgehead atoms. The van der Waals surface area contributed by atoms with Crippen LogP contribution in [0.5, 0.6) is 0 Å². The summed E-state index contributed by atoms with van der Waals surface area (Å²) in [4.78, 5) is 40.2. The summed E-state index contributed by atoms with van der Waals surface area (Å²) >= 11 is 1.02. The molecule has 1 aliphatic rings. The van der Waals surface area contributed by atoms with E-state index in [1.165, 1.54) is 12.7 Å². The second-order valence-corrected chi connectivity index (χ2v) is 8.33. The number of carbonyl (C=O) groups is 3. The number of nitrogens with zero attached hydrogens (tertiary/aromatic N) is 1. The number of methoxy groups -OCH3 is 1. The Morgan fingerprint density at radius 2 is 1.91 bits per heavy atom. The zero-order valence-corrected chi connectivity index (χ0v) is 19.4. The minimum absolute atomic E-state index is 0.0947. The lowest BCUT2D eigenvalue weighted by molar-refractivity contribution is -0.115. The second kappa shape index (κ2) is 11.1. The van der Waals surface area contributed by atoms with Crippen molar-refractivity contribution < 1.29 is 28.6 Å². The van der Waals surface area contributed by atoms with Crippen LogP contribution in [-0.2, 0) is 25.4 Å². The highest BCUT2D eigenvalue weighted by molar-refractivity contribution is 7.18. The number of anilines is 2.